The van der Waals surface area contributed by atoms with Gasteiger partial charge in [0.1, 0.15) is 5.82 Å². The van der Waals surface area contributed by atoms with Gasteiger partial charge in [-0.1, -0.05) is 30.3 Å². The third kappa shape index (κ3) is 3.59. The Labute approximate surface area is 189 Å². The predicted octanol–water partition coefficient (Wildman–Crippen LogP) is 4.06. The number of hydrogen-bond acceptors (Lipinski definition) is 5. The Morgan fingerprint density at radius 2 is 1.73 bits per heavy atom. The fourth-order valence-electron chi connectivity index (χ4n) is 3.87. The average molecular weight is 437 g/mol. The lowest BCUT2D eigenvalue weighted by molar-refractivity contribution is -0.110. The summed E-state index contributed by atoms with van der Waals surface area (Å²) in [4.78, 5) is 42.9. The molecule has 1 amide bonds. The van der Waals surface area contributed by atoms with Crippen molar-refractivity contribution < 1.29 is 14.3 Å². The summed E-state index contributed by atoms with van der Waals surface area (Å²) < 4.78 is 6.48. The summed E-state index contributed by atoms with van der Waals surface area (Å²) in [5.41, 5.74) is 3.03. The molecule has 5 rings (SSSR count). The van der Waals surface area contributed by atoms with Crippen LogP contribution in [0.3, 0.4) is 0 Å². The van der Waals surface area contributed by atoms with Crippen molar-refractivity contribution in [2.24, 2.45) is 0 Å². The molecule has 0 radical (unpaired) electrons. The van der Waals surface area contributed by atoms with Crippen molar-refractivity contribution in [3.8, 4) is 5.69 Å². The minimum absolute atomic E-state index is 0.261. The number of para-hydroxylation sites is 2. The molecule has 0 spiro atoms. The first-order chi connectivity index (χ1) is 16.1. The molecular weight excluding hydrogens is 418 g/mol. The molecule has 2 heterocycles. The lowest BCUT2D eigenvalue weighted by Crippen LogP contribution is -2.22. The molecule has 7 heteroatoms. The minimum atomic E-state index is -0.436. The Balaban J connectivity index is 1.72. The number of carbonyl (C=O) groups is 2. The van der Waals surface area contributed by atoms with Crippen molar-refractivity contribution in [2.75, 3.05) is 11.9 Å². The van der Waals surface area contributed by atoms with Crippen molar-refractivity contribution in [1.29, 1.82) is 0 Å². The van der Waals surface area contributed by atoms with E-state index in [9.17, 15) is 14.4 Å². The molecule has 0 saturated carbocycles. The zero-order chi connectivity index (χ0) is 22.9. The van der Waals surface area contributed by atoms with Crippen LogP contribution in [0.15, 0.2) is 77.6 Å². The monoisotopic (exact) mass is 437 g/mol. The van der Waals surface area contributed by atoms with E-state index in [-0.39, 0.29) is 18.1 Å². The second-order valence-corrected chi connectivity index (χ2v) is 7.45. The lowest BCUT2D eigenvalue weighted by Gasteiger charge is -2.12. The number of aromatic nitrogens is 2. The van der Waals surface area contributed by atoms with Gasteiger partial charge >= 0.3 is 5.97 Å². The van der Waals surface area contributed by atoms with Crippen LogP contribution in [0.5, 0.6) is 0 Å². The number of hydrogen-bond donors (Lipinski definition) is 1. The first kappa shape index (κ1) is 20.4. The van der Waals surface area contributed by atoms with Crippen LogP contribution < -0.4 is 10.9 Å². The zero-order valence-corrected chi connectivity index (χ0v) is 17.7. The van der Waals surface area contributed by atoms with Gasteiger partial charge in [-0.3, -0.25) is 14.2 Å². The number of anilines is 1. The quantitative estimate of drug-likeness (QED) is 0.384. The predicted molar refractivity (Wildman–Crippen MR) is 126 cm³/mol. The smallest absolute Gasteiger partial charge is 0.338 e. The number of nitrogens with zero attached hydrogens (tertiary/aromatic N) is 2. The van der Waals surface area contributed by atoms with Gasteiger partial charge in [0.2, 0.25) is 0 Å². The summed E-state index contributed by atoms with van der Waals surface area (Å²) in [6.45, 7) is 2.01. The standard InChI is InChI=1S/C26H19N3O4/c1-2-33-26(32)16-11-13-17(14-12-16)29-23(27-22-10-6-4-8-19(22)25(29)31)15-20-18-7-3-5-9-21(18)28-24(20)30/h3-15H,2H2,1H3,(H,28,30)/b20-15-. The number of nitrogens with one attached hydrogen (secondary N) is 1. The van der Waals surface area contributed by atoms with Crippen molar-refractivity contribution in [2.45, 2.75) is 6.92 Å². The maximum Gasteiger partial charge on any atom is 0.338 e. The van der Waals surface area contributed by atoms with Crippen molar-refractivity contribution in [3.05, 3.63) is 100 Å². The molecule has 7 nitrogen and oxygen atoms in total. The molecule has 0 unspecified atom stereocenters. The van der Waals surface area contributed by atoms with Gasteiger partial charge in [0.15, 0.2) is 0 Å². The highest BCUT2D eigenvalue weighted by Gasteiger charge is 2.24. The van der Waals surface area contributed by atoms with Gasteiger partial charge in [-0.25, -0.2) is 9.78 Å². The topological polar surface area (TPSA) is 90.3 Å². The molecule has 0 atom stereocenters. The molecule has 4 aromatic rings. The lowest BCUT2D eigenvalue weighted by atomic mass is 10.1. The fourth-order valence-corrected chi connectivity index (χ4v) is 3.87. The van der Waals surface area contributed by atoms with Crippen LogP contribution in [0.2, 0.25) is 0 Å². The van der Waals surface area contributed by atoms with Crippen LogP contribution in [-0.4, -0.2) is 28.0 Å². The van der Waals surface area contributed by atoms with E-state index < -0.39 is 5.97 Å². The molecule has 1 aliphatic rings. The molecule has 162 valence electrons. The Morgan fingerprint density at radius 1 is 1.00 bits per heavy atom. The molecule has 1 N–H and O–H groups in total. The van der Waals surface area contributed by atoms with Crippen LogP contribution in [0.25, 0.3) is 28.2 Å². The number of ether oxygens (including phenoxy) is 1. The van der Waals surface area contributed by atoms with E-state index in [1.54, 1.807) is 55.5 Å². The van der Waals surface area contributed by atoms with Gasteiger partial charge in [0, 0.05) is 11.3 Å². The molecule has 0 saturated heterocycles. The first-order valence-electron chi connectivity index (χ1n) is 10.5. The number of esters is 1. The van der Waals surface area contributed by atoms with Crippen LogP contribution >= 0.6 is 0 Å². The maximum atomic E-state index is 13.5. The van der Waals surface area contributed by atoms with Gasteiger partial charge in [0.25, 0.3) is 11.5 Å². The van der Waals surface area contributed by atoms with E-state index in [1.807, 2.05) is 30.3 Å². The van der Waals surface area contributed by atoms with E-state index in [0.717, 1.165) is 5.56 Å². The molecule has 1 aliphatic heterocycles. The largest absolute Gasteiger partial charge is 0.462 e. The highest BCUT2D eigenvalue weighted by atomic mass is 16.5. The molecular formula is C26H19N3O4. The van der Waals surface area contributed by atoms with Crippen LogP contribution in [0.4, 0.5) is 5.69 Å². The van der Waals surface area contributed by atoms with E-state index in [4.69, 9.17) is 4.74 Å². The molecule has 0 bridgehead atoms. The van der Waals surface area contributed by atoms with Gasteiger partial charge in [0.05, 0.1) is 34.3 Å². The fraction of sp³-hybridized carbons (Fsp3) is 0.0769. The van der Waals surface area contributed by atoms with Gasteiger partial charge in [-0.2, -0.15) is 0 Å². The number of carbonyl (C=O) groups excluding carboxylic acids is 2. The van der Waals surface area contributed by atoms with Crippen LogP contribution in [0.1, 0.15) is 28.7 Å². The zero-order valence-electron chi connectivity index (χ0n) is 17.7. The minimum Gasteiger partial charge on any atom is -0.462 e. The molecule has 0 aliphatic carbocycles. The number of amides is 1. The number of rotatable bonds is 4. The number of fused-ring (bicyclic) bond motifs is 2. The summed E-state index contributed by atoms with van der Waals surface area (Å²) in [5, 5.41) is 3.29. The maximum absolute atomic E-state index is 13.5. The highest BCUT2D eigenvalue weighted by Crippen LogP contribution is 2.32. The molecule has 0 fully saturated rings. The Hall–Kier alpha value is -4.52. The van der Waals surface area contributed by atoms with E-state index in [1.165, 1.54) is 4.57 Å². The van der Waals surface area contributed by atoms with Gasteiger partial charge in [-0.15, -0.1) is 0 Å². The van der Waals surface area contributed by atoms with Crippen molar-refractivity contribution in [3.63, 3.8) is 0 Å². The van der Waals surface area contributed by atoms with Gasteiger partial charge < -0.3 is 10.1 Å². The van der Waals surface area contributed by atoms with Gasteiger partial charge in [-0.05, 0) is 55.5 Å². The highest BCUT2D eigenvalue weighted by molar-refractivity contribution is 6.34. The third-order valence-corrected chi connectivity index (χ3v) is 5.42. The third-order valence-electron chi connectivity index (χ3n) is 5.42. The molecule has 33 heavy (non-hydrogen) atoms. The number of benzene rings is 3. The Kier molecular flexibility index (Phi) is 5.06. The SMILES string of the molecule is CCOC(=O)c1ccc(-n2c(/C=C3\C(=O)Nc4ccccc43)nc3ccccc3c2=O)cc1. The Bertz CT molecular complexity index is 1500. The summed E-state index contributed by atoms with van der Waals surface area (Å²) in [7, 11) is 0. The second kappa shape index (κ2) is 8.20. The first-order valence-corrected chi connectivity index (χ1v) is 10.5. The summed E-state index contributed by atoms with van der Waals surface area (Å²) >= 11 is 0. The normalized spacial score (nSPS) is 13.7. The molecule has 1 aromatic heterocycles. The second-order valence-electron chi connectivity index (χ2n) is 7.45. The average Bonchev–Trinajstić information content (AvgIpc) is 3.14. The summed E-state index contributed by atoms with van der Waals surface area (Å²) in [6.07, 6.45) is 1.62. The summed E-state index contributed by atoms with van der Waals surface area (Å²) in [5.74, 6) is -0.387. The summed E-state index contributed by atoms with van der Waals surface area (Å²) in [6, 6.07) is 20.9. The van der Waals surface area contributed by atoms with E-state index in [0.29, 0.717) is 39.2 Å². The Morgan fingerprint density at radius 3 is 2.52 bits per heavy atom. The van der Waals surface area contributed by atoms with E-state index >= 15 is 0 Å². The van der Waals surface area contributed by atoms with Crippen molar-refractivity contribution >= 4 is 40.1 Å². The molecule has 3 aromatic carbocycles. The van der Waals surface area contributed by atoms with Crippen LogP contribution in [0, 0.1) is 0 Å². The van der Waals surface area contributed by atoms with Crippen molar-refractivity contribution in [1.82, 2.24) is 9.55 Å². The van der Waals surface area contributed by atoms with Crippen LogP contribution in [-0.2, 0) is 9.53 Å². The van der Waals surface area contributed by atoms with E-state index in [2.05, 4.69) is 10.3 Å².